The normalized spacial score (nSPS) is 11.3. The zero-order valence-corrected chi connectivity index (χ0v) is 19.8. The summed E-state index contributed by atoms with van der Waals surface area (Å²) in [6.45, 7) is 1.60. The number of carbonyl (C=O) groups is 1. The van der Waals surface area contributed by atoms with Gasteiger partial charge in [0.25, 0.3) is 0 Å². The second-order valence-electron chi connectivity index (χ2n) is 7.85. The van der Waals surface area contributed by atoms with Crippen molar-refractivity contribution < 1.29 is 14.6 Å². The van der Waals surface area contributed by atoms with E-state index in [1.54, 1.807) is 11.8 Å². The van der Waals surface area contributed by atoms with Gasteiger partial charge in [0.1, 0.15) is 5.75 Å². The Morgan fingerprint density at radius 3 is 2.09 bits per heavy atom. The Kier molecular flexibility index (Phi) is 7.84. The topological polar surface area (TPSA) is 46.5 Å². The van der Waals surface area contributed by atoms with Crippen LogP contribution in [-0.4, -0.2) is 23.4 Å². The molecule has 4 aromatic rings. The Bertz CT molecular complexity index is 1260. The highest BCUT2D eigenvalue weighted by Gasteiger charge is 2.07. The lowest BCUT2D eigenvalue weighted by molar-refractivity contribution is -0.139. The SMILES string of the molecule is Cc1cc(SC/C=C(\c2ccccc2)c2ccc(-c3ccccc3)cc2)ccc1OCC(=O)O. The quantitative estimate of drug-likeness (QED) is 0.262. The molecule has 0 aliphatic heterocycles. The molecule has 1 N–H and O–H groups in total. The van der Waals surface area contributed by atoms with Gasteiger partial charge in [-0.05, 0) is 58.5 Å². The van der Waals surface area contributed by atoms with Gasteiger partial charge in [0.15, 0.2) is 6.61 Å². The fourth-order valence-corrected chi connectivity index (χ4v) is 4.59. The zero-order valence-electron chi connectivity index (χ0n) is 19.0. The molecule has 0 fully saturated rings. The summed E-state index contributed by atoms with van der Waals surface area (Å²) in [4.78, 5) is 11.9. The van der Waals surface area contributed by atoms with Gasteiger partial charge in [-0.15, -0.1) is 11.8 Å². The molecule has 0 saturated heterocycles. The fourth-order valence-electron chi connectivity index (χ4n) is 3.73. The Hall–Kier alpha value is -3.76. The van der Waals surface area contributed by atoms with E-state index in [0.29, 0.717) is 5.75 Å². The van der Waals surface area contributed by atoms with E-state index in [2.05, 4.69) is 78.9 Å². The first-order chi connectivity index (χ1) is 16.6. The third-order valence-electron chi connectivity index (χ3n) is 5.42. The third-order valence-corrected chi connectivity index (χ3v) is 6.34. The predicted molar refractivity (Wildman–Crippen MR) is 140 cm³/mol. The Labute approximate surface area is 204 Å². The highest BCUT2D eigenvalue weighted by atomic mass is 32.2. The van der Waals surface area contributed by atoms with E-state index in [-0.39, 0.29) is 6.61 Å². The molecular formula is C30H26O3S. The van der Waals surface area contributed by atoms with Gasteiger partial charge in [0.2, 0.25) is 0 Å². The van der Waals surface area contributed by atoms with Crippen LogP contribution in [0.4, 0.5) is 0 Å². The molecule has 4 rings (SSSR count). The number of hydrogen-bond donors (Lipinski definition) is 1. The summed E-state index contributed by atoms with van der Waals surface area (Å²) >= 11 is 1.74. The van der Waals surface area contributed by atoms with Crippen molar-refractivity contribution >= 4 is 23.3 Å². The Morgan fingerprint density at radius 2 is 1.44 bits per heavy atom. The molecule has 0 aliphatic carbocycles. The molecule has 0 saturated carbocycles. The average molecular weight is 467 g/mol. The van der Waals surface area contributed by atoms with Crippen LogP contribution in [0.5, 0.6) is 5.75 Å². The number of carboxylic acids is 1. The molecule has 0 amide bonds. The molecule has 0 radical (unpaired) electrons. The van der Waals surface area contributed by atoms with Gasteiger partial charge in [-0.2, -0.15) is 0 Å². The zero-order chi connectivity index (χ0) is 23.8. The molecule has 170 valence electrons. The molecule has 0 spiro atoms. The number of carboxylic acid groups (broad SMARTS) is 1. The first-order valence-electron chi connectivity index (χ1n) is 11.1. The van der Waals surface area contributed by atoms with Gasteiger partial charge in [-0.1, -0.05) is 91.0 Å². The summed E-state index contributed by atoms with van der Waals surface area (Å²) < 4.78 is 5.33. The van der Waals surface area contributed by atoms with Crippen LogP contribution in [0.1, 0.15) is 16.7 Å². The highest BCUT2D eigenvalue weighted by molar-refractivity contribution is 7.99. The van der Waals surface area contributed by atoms with E-state index in [1.807, 2.05) is 37.3 Å². The summed E-state index contributed by atoms with van der Waals surface area (Å²) in [7, 11) is 0. The molecule has 0 bridgehead atoms. The highest BCUT2D eigenvalue weighted by Crippen LogP contribution is 2.30. The van der Waals surface area contributed by atoms with Crippen molar-refractivity contribution in [3.05, 3.63) is 126 Å². The van der Waals surface area contributed by atoms with Crippen molar-refractivity contribution in [2.75, 3.05) is 12.4 Å². The maximum absolute atomic E-state index is 10.7. The van der Waals surface area contributed by atoms with E-state index < -0.39 is 5.97 Å². The van der Waals surface area contributed by atoms with Crippen LogP contribution in [0.15, 0.2) is 114 Å². The molecule has 4 aromatic carbocycles. The van der Waals surface area contributed by atoms with Crippen LogP contribution in [0.2, 0.25) is 0 Å². The van der Waals surface area contributed by atoms with Crippen molar-refractivity contribution in [2.45, 2.75) is 11.8 Å². The second-order valence-corrected chi connectivity index (χ2v) is 8.94. The molecular weight excluding hydrogens is 440 g/mol. The summed E-state index contributed by atoms with van der Waals surface area (Å²) in [5.74, 6) is 0.429. The number of hydrogen-bond acceptors (Lipinski definition) is 3. The molecule has 0 aliphatic rings. The fraction of sp³-hybridized carbons (Fsp3) is 0.100. The van der Waals surface area contributed by atoms with Gasteiger partial charge in [0.05, 0.1) is 0 Å². The lowest BCUT2D eigenvalue weighted by Gasteiger charge is -2.11. The minimum atomic E-state index is -0.978. The van der Waals surface area contributed by atoms with E-state index in [9.17, 15) is 4.79 Å². The summed E-state index contributed by atoms with van der Waals surface area (Å²) in [6.07, 6.45) is 2.27. The van der Waals surface area contributed by atoms with Crippen LogP contribution in [0.25, 0.3) is 16.7 Å². The average Bonchev–Trinajstić information content (AvgIpc) is 2.87. The first kappa shape index (κ1) is 23.4. The van der Waals surface area contributed by atoms with Crippen LogP contribution >= 0.6 is 11.8 Å². The van der Waals surface area contributed by atoms with Gasteiger partial charge in [-0.3, -0.25) is 0 Å². The number of benzene rings is 4. The molecule has 0 aromatic heterocycles. The molecule has 4 heteroatoms. The van der Waals surface area contributed by atoms with Crippen LogP contribution in [0, 0.1) is 6.92 Å². The van der Waals surface area contributed by atoms with Crippen molar-refractivity contribution in [2.24, 2.45) is 0 Å². The maximum Gasteiger partial charge on any atom is 0.341 e. The Balaban J connectivity index is 1.52. The van der Waals surface area contributed by atoms with Crippen molar-refractivity contribution in [3.8, 4) is 16.9 Å². The maximum atomic E-state index is 10.7. The smallest absolute Gasteiger partial charge is 0.341 e. The standard InChI is InChI=1S/C30H26O3S/c1-22-20-27(16-17-29(22)33-21-30(31)32)34-19-18-28(25-10-6-3-7-11-25)26-14-12-24(13-15-26)23-8-4-2-5-9-23/h2-18,20H,19,21H2,1H3,(H,31,32)/b28-18+. The van der Waals surface area contributed by atoms with Crippen LogP contribution in [-0.2, 0) is 4.79 Å². The van der Waals surface area contributed by atoms with Crippen molar-refractivity contribution in [3.63, 3.8) is 0 Å². The van der Waals surface area contributed by atoms with Gasteiger partial charge in [-0.25, -0.2) is 4.79 Å². The van der Waals surface area contributed by atoms with Gasteiger partial charge >= 0.3 is 5.97 Å². The number of ether oxygens (including phenoxy) is 1. The first-order valence-corrected chi connectivity index (χ1v) is 12.1. The second kappa shape index (κ2) is 11.4. The van der Waals surface area contributed by atoms with Gasteiger partial charge in [0, 0.05) is 10.6 Å². The number of aliphatic carboxylic acids is 1. The van der Waals surface area contributed by atoms with E-state index in [1.165, 1.54) is 27.8 Å². The molecule has 0 atom stereocenters. The molecule has 3 nitrogen and oxygen atoms in total. The van der Waals surface area contributed by atoms with Crippen LogP contribution < -0.4 is 4.74 Å². The predicted octanol–water partition coefficient (Wildman–Crippen LogP) is 7.35. The molecule has 0 heterocycles. The third kappa shape index (κ3) is 6.18. The van der Waals surface area contributed by atoms with E-state index >= 15 is 0 Å². The summed E-state index contributed by atoms with van der Waals surface area (Å²) in [5.41, 5.74) is 6.90. The molecule has 0 unspecified atom stereocenters. The lowest BCUT2D eigenvalue weighted by Crippen LogP contribution is -2.09. The lowest BCUT2D eigenvalue weighted by atomic mass is 9.95. The number of rotatable bonds is 9. The largest absolute Gasteiger partial charge is 0.482 e. The van der Waals surface area contributed by atoms with E-state index in [4.69, 9.17) is 9.84 Å². The molecule has 34 heavy (non-hydrogen) atoms. The summed E-state index contributed by atoms with van der Waals surface area (Å²) in [6, 6.07) is 35.4. The number of aryl methyl sites for hydroxylation is 1. The summed E-state index contributed by atoms with van der Waals surface area (Å²) in [5, 5.41) is 8.81. The van der Waals surface area contributed by atoms with Crippen molar-refractivity contribution in [1.82, 2.24) is 0 Å². The minimum Gasteiger partial charge on any atom is -0.482 e. The monoisotopic (exact) mass is 466 g/mol. The van der Waals surface area contributed by atoms with Gasteiger partial charge < -0.3 is 9.84 Å². The van der Waals surface area contributed by atoms with E-state index in [0.717, 1.165) is 16.2 Å². The number of thioether (sulfide) groups is 1. The van der Waals surface area contributed by atoms with Crippen molar-refractivity contribution in [1.29, 1.82) is 0 Å². The minimum absolute atomic E-state index is 0.334. The van der Waals surface area contributed by atoms with Crippen LogP contribution in [0.3, 0.4) is 0 Å². The Morgan fingerprint density at radius 1 is 0.824 bits per heavy atom.